The molecule has 20 heavy (non-hydrogen) atoms. The fraction of sp³-hybridized carbons (Fsp3) is 0.571. The van der Waals surface area contributed by atoms with Crippen LogP contribution in [0.3, 0.4) is 0 Å². The second-order valence-corrected chi connectivity index (χ2v) is 4.96. The minimum atomic E-state index is -0.728. The van der Waals surface area contributed by atoms with Gasteiger partial charge in [-0.25, -0.2) is 0 Å². The van der Waals surface area contributed by atoms with Crippen molar-refractivity contribution in [2.24, 2.45) is 0 Å². The molecular weight excluding hydrogens is 260 g/mol. The van der Waals surface area contributed by atoms with Gasteiger partial charge in [-0.1, -0.05) is 6.07 Å². The quantitative estimate of drug-likeness (QED) is 0.614. The van der Waals surface area contributed by atoms with Crippen molar-refractivity contribution in [1.29, 1.82) is 0 Å². The Balaban J connectivity index is 3.22. The lowest BCUT2D eigenvalue weighted by molar-refractivity contribution is -0.384. The number of aliphatic hydroxyl groups is 1. The average Bonchev–Trinajstić information content (AvgIpc) is 2.38. The minimum absolute atomic E-state index is 0.00760. The largest absolute Gasteiger partial charge is 0.389 e. The van der Waals surface area contributed by atoms with Crippen molar-refractivity contribution in [1.82, 2.24) is 0 Å². The van der Waals surface area contributed by atoms with Gasteiger partial charge >= 0.3 is 0 Å². The van der Waals surface area contributed by atoms with Crippen LogP contribution < -0.4 is 4.90 Å². The Morgan fingerprint density at radius 3 is 2.50 bits per heavy atom. The maximum absolute atomic E-state index is 11.3. The molecule has 0 aliphatic heterocycles. The van der Waals surface area contributed by atoms with Crippen LogP contribution in [0.2, 0.25) is 0 Å². The van der Waals surface area contributed by atoms with Crippen molar-refractivity contribution in [3.63, 3.8) is 0 Å². The molecule has 0 aliphatic carbocycles. The topological polar surface area (TPSA) is 75.8 Å². The smallest absolute Gasteiger partial charge is 0.292 e. The van der Waals surface area contributed by atoms with E-state index in [1.54, 1.807) is 26.2 Å². The van der Waals surface area contributed by atoms with Gasteiger partial charge in [0, 0.05) is 25.8 Å². The molecule has 0 saturated heterocycles. The lowest BCUT2D eigenvalue weighted by atomic mass is 10.1. The van der Waals surface area contributed by atoms with Crippen LogP contribution in [0.1, 0.15) is 32.4 Å². The number of nitro groups is 1. The van der Waals surface area contributed by atoms with Crippen molar-refractivity contribution in [3.05, 3.63) is 33.9 Å². The first-order valence-corrected chi connectivity index (χ1v) is 6.60. The van der Waals surface area contributed by atoms with Gasteiger partial charge in [0.05, 0.1) is 17.6 Å². The number of hydrogen-bond donors (Lipinski definition) is 1. The molecule has 1 atom stereocenters. The van der Waals surface area contributed by atoms with Crippen molar-refractivity contribution in [3.8, 4) is 0 Å². The summed E-state index contributed by atoms with van der Waals surface area (Å²) in [4.78, 5) is 12.8. The third-order valence-electron chi connectivity index (χ3n) is 3.15. The van der Waals surface area contributed by atoms with Gasteiger partial charge in [-0.15, -0.1) is 0 Å². The Morgan fingerprint density at radius 1 is 1.40 bits per heavy atom. The number of nitro benzene ring substituents is 1. The fourth-order valence-corrected chi connectivity index (χ4v) is 2.04. The van der Waals surface area contributed by atoms with E-state index in [4.69, 9.17) is 4.74 Å². The summed E-state index contributed by atoms with van der Waals surface area (Å²) in [7, 11) is 1.60. The van der Waals surface area contributed by atoms with Crippen LogP contribution in [0.25, 0.3) is 0 Å². The normalized spacial score (nSPS) is 12.5. The van der Waals surface area contributed by atoms with Gasteiger partial charge in [-0.2, -0.15) is 0 Å². The molecule has 0 amide bonds. The summed E-state index contributed by atoms with van der Waals surface area (Å²) < 4.78 is 5.05. The summed E-state index contributed by atoms with van der Waals surface area (Å²) in [5.41, 5.74) is 1.09. The van der Waals surface area contributed by atoms with E-state index in [1.165, 1.54) is 6.07 Å². The predicted octanol–water partition coefficient (Wildman–Crippen LogP) is 2.51. The molecule has 0 radical (unpaired) electrons. The minimum Gasteiger partial charge on any atom is -0.389 e. The molecular formula is C14H22N2O4. The number of benzene rings is 1. The Kier molecular flexibility index (Phi) is 5.91. The molecule has 0 saturated carbocycles. The molecule has 1 N–H and O–H groups in total. The molecule has 0 aliphatic rings. The molecule has 1 aromatic rings. The maximum atomic E-state index is 11.3. The number of aliphatic hydroxyl groups excluding tert-OH is 1. The molecule has 1 rings (SSSR count). The van der Waals surface area contributed by atoms with E-state index in [0.717, 1.165) is 0 Å². The third-order valence-corrected chi connectivity index (χ3v) is 3.15. The molecule has 0 fully saturated rings. The first kappa shape index (κ1) is 16.4. The van der Waals surface area contributed by atoms with E-state index in [-0.39, 0.29) is 11.7 Å². The Bertz CT molecular complexity index is 460. The van der Waals surface area contributed by atoms with E-state index >= 15 is 0 Å². The monoisotopic (exact) mass is 282 g/mol. The van der Waals surface area contributed by atoms with Gasteiger partial charge in [-0.3, -0.25) is 10.1 Å². The SMILES string of the molecule is COCCN(c1ccc([C@H](C)O)cc1[N+](=O)[O-])C(C)C. The van der Waals surface area contributed by atoms with Crippen LogP contribution >= 0.6 is 0 Å². The molecule has 0 spiro atoms. The average molecular weight is 282 g/mol. The number of ether oxygens (including phenoxy) is 1. The summed E-state index contributed by atoms with van der Waals surface area (Å²) in [6.45, 7) is 6.60. The van der Waals surface area contributed by atoms with Gasteiger partial charge in [-0.05, 0) is 32.4 Å². The Hall–Kier alpha value is -1.66. The second kappa shape index (κ2) is 7.21. The highest BCUT2D eigenvalue weighted by Gasteiger charge is 2.22. The Labute approximate surface area is 119 Å². The maximum Gasteiger partial charge on any atom is 0.292 e. The van der Waals surface area contributed by atoms with E-state index in [0.29, 0.717) is 24.4 Å². The highest BCUT2D eigenvalue weighted by atomic mass is 16.6. The Morgan fingerprint density at radius 2 is 2.05 bits per heavy atom. The van der Waals surface area contributed by atoms with Crippen molar-refractivity contribution in [2.75, 3.05) is 25.2 Å². The lowest BCUT2D eigenvalue weighted by Crippen LogP contribution is -2.34. The number of anilines is 1. The van der Waals surface area contributed by atoms with Gasteiger partial charge < -0.3 is 14.7 Å². The summed E-state index contributed by atoms with van der Waals surface area (Å²) in [5, 5.41) is 20.8. The molecule has 112 valence electrons. The van der Waals surface area contributed by atoms with Gasteiger partial charge in [0.1, 0.15) is 5.69 Å². The van der Waals surface area contributed by atoms with Crippen LogP contribution in [-0.2, 0) is 4.74 Å². The summed E-state index contributed by atoms with van der Waals surface area (Å²) in [6, 6.07) is 4.95. The molecule has 0 unspecified atom stereocenters. The van der Waals surface area contributed by atoms with E-state index in [2.05, 4.69) is 0 Å². The predicted molar refractivity (Wildman–Crippen MR) is 78.1 cm³/mol. The second-order valence-electron chi connectivity index (χ2n) is 4.96. The van der Waals surface area contributed by atoms with Crippen LogP contribution in [0.15, 0.2) is 18.2 Å². The fourth-order valence-electron chi connectivity index (χ4n) is 2.04. The standard InChI is InChI=1S/C14H22N2O4/c1-10(2)15(7-8-20-4)13-6-5-12(11(3)17)9-14(13)16(18)19/h5-6,9-11,17H,7-8H2,1-4H3/t11-/m0/s1. The number of rotatable bonds is 7. The van der Waals surface area contributed by atoms with Gasteiger partial charge in [0.15, 0.2) is 0 Å². The summed E-state index contributed by atoms with van der Waals surface area (Å²) in [6.07, 6.45) is -0.728. The summed E-state index contributed by atoms with van der Waals surface area (Å²) in [5.74, 6) is 0. The van der Waals surface area contributed by atoms with E-state index < -0.39 is 11.0 Å². The highest BCUT2D eigenvalue weighted by molar-refractivity contribution is 5.65. The first-order valence-electron chi connectivity index (χ1n) is 6.60. The lowest BCUT2D eigenvalue weighted by Gasteiger charge is -2.28. The molecule has 0 heterocycles. The third kappa shape index (κ3) is 3.91. The van der Waals surface area contributed by atoms with E-state index in [1.807, 2.05) is 18.7 Å². The molecule has 0 aromatic heterocycles. The highest BCUT2D eigenvalue weighted by Crippen LogP contribution is 2.32. The molecule has 6 nitrogen and oxygen atoms in total. The zero-order valence-electron chi connectivity index (χ0n) is 12.4. The van der Waals surface area contributed by atoms with Crippen molar-refractivity contribution >= 4 is 11.4 Å². The summed E-state index contributed by atoms with van der Waals surface area (Å²) >= 11 is 0. The van der Waals surface area contributed by atoms with Crippen molar-refractivity contribution < 1.29 is 14.8 Å². The van der Waals surface area contributed by atoms with Gasteiger partial charge in [0.2, 0.25) is 0 Å². The molecule has 0 bridgehead atoms. The first-order chi connectivity index (χ1) is 9.38. The van der Waals surface area contributed by atoms with Crippen LogP contribution in [0, 0.1) is 10.1 Å². The van der Waals surface area contributed by atoms with Crippen molar-refractivity contribution in [2.45, 2.75) is 32.9 Å². The number of methoxy groups -OCH3 is 1. The number of hydrogen-bond acceptors (Lipinski definition) is 5. The van der Waals surface area contributed by atoms with Crippen LogP contribution in [0.5, 0.6) is 0 Å². The van der Waals surface area contributed by atoms with Crippen LogP contribution in [0.4, 0.5) is 11.4 Å². The number of nitrogens with zero attached hydrogens (tertiary/aromatic N) is 2. The van der Waals surface area contributed by atoms with Gasteiger partial charge in [0.25, 0.3) is 5.69 Å². The van der Waals surface area contributed by atoms with Crippen LogP contribution in [-0.4, -0.2) is 36.3 Å². The molecule has 6 heteroatoms. The molecule has 1 aromatic carbocycles. The zero-order valence-corrected chi connectivity index (χ0v) is 12.4. The zero-order chi connectivity index (χ0) is 15.3. The van der Waals surface area contributed by atoms with E-state index in [9.17, 15) is 15.2 Å².